The molecule has 0 radical (unpaired) electrons. The standard InChI is InChI=1S/C28H29F2NO6S2/c1-27(2,38-16-19-14-28(19,29)30)24(26(33)34)31-25(32)22-13-10-18-6-4-5-7-21(18)23(22)37-15-17-8-11-20(12-9-17)39(3,35)36/h4-13,19,24H,14-16H2,1-3H3,(H,31,32)(H,33,34)/t19?,24-/m1/s1. The molecule has 1 saturated carbocycles. The highest BCUT2D eigenvalue weighted by Gasteiger charge is 2.57. The number of amides is 1. The number of ether oxygens (including phenoxy) is 1. The summed E-state index contributed by atoms with van der Waals surface area (Å²) >= 11 is 1.09. The number of hydrogen-bond donors (Lipinski definition) is 2. The van der Waals surface area contributed by atoms with Crippen molar-refractivity contribution in [1.82, 2.24) is 5.32 Å². The number of carboxylic acid groups (broad SMARTS) is 1. The van der Waals surface area contributed by atoms with Crippen LogP contribution in [0.15, 0.2) is 65.6 Å². The maximum absolute atomic E-state index is 13.4. The molecule has 2 atom stereocenters. The lowest BCUT2D eigenvalue weighted by molar-refractivity contribution is -0.139. The van der Waals surface area contributed by atoms with Gasteiger partial charge in [-0.05, 0) is 43.0 Å². The van der Waals surface area contributed by atoms with E-state index in [-0.39, 0.29) is 35.0 Å². The van der Waals surface area contributed by atoms with Gasteiger partial charge < -0.3 is 15.2 Å². The van der Waals surface area contributed by atoms with Gasteiger partial charge in [0, 0.05) is 34.5 Å². The van der Waals surface area contributed by atoms with Crippen molar-refractivity contribution in [3.8, 4) is 5.75 Å². The van der Waals surface area contributed by atoms with Crippen molar-refractivity contribution in [3.05, 3.63) is 71.8 Å². The summed E-state index contributed by atoms with van der Waals surface area (Å²) < 4.78 is 55.2. The zero-order valence-electron chi connectivity index (χ0n) is 21.6. The third-order valence-electron chi connectivity index (χ3n) is 6.69. The van der Waals surface area contributed by atoms with Crippen LogP contribution < -0.4 is 10.1 Å². The average molecular weight is 578 g/mol. The zero-order chi connectivity index (χ0) is 28.6. The first-order valence-corrected chi connectivity index (χ1v) is 15.1. The predicted molar refractivity (Wildman–Crippen MR) is 146 cm³/mol. The Hall–Kier alpha value is -3.18. The average Bonchev–Trinajstić information content (AvgIpc) is 3.50. The fraction of sp³-hybridized carbons (Fsp3) is 0.357. The van der Waals surface area contributed by atoms with Gasteiger partial charge in [-0.3, -0.25) is 4.79 Å². The van der Waals surface area contributed by atoms with Crippen LogP contribution in [0, 0.1) is 5.92 Å². The molecule has 39 heavy (non-hydrogen) atoms. The molecule has 1 amide bonds. The van der Waals surface area contributed by atoms with Crippen molar-refractivity contribution in [2.45, 2.75) is 48.5 Å². The zero-order valence-corrected chi connectivity index (χ0v) is 23.2. The van der Waals surface area contributed by atoms with Crippen molar-refractivity contribution in [2.24, 2.45) is 5.92 Å². The fourth-order valence-corrected chi connectivity index (χ4v) is 6.11. The molecular formula is C28H29F2NO6S2. The van der Waals surface area contributed by atoms with E-state index in [9.17, 15) is 31.9 Å². The molecule has 3 aromatic rings. The summed E-state index contributed by atoms with van der Waals surface area (Å²) in [5, 5.41) is 13.9. The predicted octanol–water partition coefficient (Wildman–Crippen LogP) is 5.17. The molecule has 7 nitrogen and oxygen atoms in total. The van der Waals surface area contributed by atoms with Gasteiger partial charge in [0.1, 0.15) is 18.4 Å². The third kappa shape index (κ3) is 6.70. The van der Waals surface area contributed by atoms with Crippen molar-refractivity contribution >= 4 is 44.2 Å². The van der Waals surface area contributed by atoms with Gasteiger partial charge in [0.05, 0.1) is 10.5 Å². The Kier molecular flexibility index (Phi) is 7.96. The molecule has 0 bridgehead atoms. The van der Waals surface area contributed by atoms with Gasteiger partial charge in [0.15, 0.2) is 9.84 Å². The van der Waals surface area contributed by atoms with Gasteiger partial charge in [-0.1, -0.05) is 42.5 Å². The first-order chi connectivity index (χ1) is 18.2. The van der Waals surface area contributed by atoms with Gasteiger partial charge >= 0.3 is 5.97 Å². The van der Waals surface area contributed by atoms with E-state index in [2.05, 4.69) is 5.32 Å². The van der Waals surface area contributed by atoms with Gasteiger partial charge in [-0.25, -0.2) is 22.0 Å². The van der Waals surface area contributed by atoms with E-state index in [0.717, 1.165) is 23.4 Å². The van der Waals surface area contributed by atoms with E-state index in [1.54, 1.807) is 50.2 Å². The molecule has 0 saturated heterocycles. The van der Waals surface area contributed by atoms with Crippen LogP contribution in [0.4, 0.5) is 8.78 Å². The lowest BCUT2D eigenvalue weighted by atomic mass is 10.0. The largest absolute Gasteiger partial charge is 0.487 e. The van der Waals surface area contributed by atoms with Crippen LogP contribution in [0.5, 0.6) is 5.75 Å². The normalized spacial score (nSPS) is 17.4. The molecule has 1 aliphatic carbocycles. The van der Waals surface area contributed by atoms with Crippen LogP contribution >= 0.6 is 11.8 Å². The second kappa shape index (κ2) is 10.8. The van der Waals surface area contributed by atoms with E-state index in [1.807, 2.05) is 12.1 Å². The molecule has 0 aromatic heterocycles. The summed E-state index contributed by atoms with van der Waals surface area (Å²) in [7, 11) is -3.36. The van der Waals surface area contributed by atoms with Crippen LogP contribution in [0.1, 0.15) is 36.2 Å². The van der Waals surface area contributed by atoms with Crippen LogP contribution in [0.25, 0.3) is 10.8 Å². The first-order valence-electron chi connectivity index (χ1n) is 12.2. The molecule has 0 heterocycles. The van der Waals surface area contributed by atoms with Crippen molar-refractivity contribution in [2.75, 3.05) is 12.0 Å². The summed E-state index contributed by atoms with van der Waals surface area (Å²) in [6.45, 7) is 3.24. The Bertz CT molecular complexity index is 1510. The number of hydrogen-bond acceptors (Lipinski definition) is 6. The van der Waals surface area contributed by atoms with Gasteiger partial charge in [0.2, 0.25) is 0 Å². The van der Waals surface area contributed by atoms with E-state index < -0.39 is 44.3 Å². The van der Waals surface area contributed by atoms with Gasteiger partial charge in [-0.15, -0.1) is 0 Å². The fourth-order valence-electron chi connectivity index (χ4n) is 4.16. The molecule has 1 aliphatic rings. The second-order valence-electron chi connectivity index (χ2n) is 10.2. The molecule has 4 rings (SSSR count). The quantitative estimate of drug-likeness (QED) is 0.324. The van der Waals surface area contributed by atoms with Crippen LogP contribution in [-0.4, -0.2) is 54.1 Å². The Balaban J connectivity index is 1.58. The van der Waals surface area contributed by atoms with Gasteiger partial charge in [-0.2, -0.15) is 11.8 Å². The molecule has 1 fully saturated rings. The van der Waals surface area contributed by atoms with Crippen molar-refractivity contribution in [1.29, 1.82) is 0 Å². The van der Waals surface area contributed by atoms with Gasteiger partial charge in [0.25, 0.3) is 11.8 Å². The molecule has 0 aliphatic heterocycles. The van der Waals surface area contributed by atoms with E-state index in [4.69, 9.17) is 4.74 Å². The maximum Gasteiger partial charge on any atom is 0.327 e. The Morgan fingerprint density at radius 1 is 1.13 bits per heavy atom. The molecule has 208 valence electrons. The van der Waals surface area contributed by atoms with Crippen LogP contribution in [0.3, 0.4) is 0 Å². The maximum atomic E-state index is 13.4. The molecule has 2 N–H and O–H groups in total. The molecule has 1 unspecified atom stereocenters. The number of nitrogens with one attached hydrogen (secondary N) is 1. The minimum atomic E-state index is -3.36. The summed E-state index contributed by atoms with van der Waals surface area (Å²) in [4.78, 5) is 25.8. The number of sulfone groups is 1. The molecule has 0 spiro atoms. The minimum absolute atomic E-state index is 0.0254. The highest BCUT2D eigenvalue weighted by atomic mass is 32.2. The van der Waals surface area contributed by atoms with E-state index in [0.29, 0.717) is 10.9 Å². The molecular weight excluding hydrogens is 548 g/mol. The Morgan fingerprint density at radius 2 is 1.77 bits per heavy atom. The van der Waals surface area contributed by atoms with Crippen molar-refractivity contribution in [3.63, 3.8) is 0 Å². The number of thioether (sulfide) groups is 1. The third-order valence-corrected chi connectivity index (χ3v) is 9.37. The number of carboxylic acids is 1. The number of carbonyl (C=O) groups excluding carboxylic acids is 1. The first kappa shape index (κ1) is 28.8. The monoisotopic (exact) mass is 577 g/mol. The number of aliphatic carboxylic acids is 1. The summed E-state index contributed by atoms with van der Waals surface area (Å²) in [5.74, 6) is -5.14. The number of alkyl halides is 2. The minimum Gasteiger partial charge on any atom is -0.487 e. The summed E-state index contributed by atoms with van der Waals surface area (Å²) in [5.41, 5.74) is 0.779. The van der Waals surface area contributed by atoms with E-state index in [1.165, 1.54) is 12.1 Å². The number of carbonyl (C=O) groups is 2. The second-order valence-corrected chi connectivity index (χ2v) is 13.9. The summed E-state index contributed by atoms with van der Waals surface area (Å²) in [6, 6.07) is 15.3. The Labute approximate surface area is 229 Å². The topological polar surface area (TPSA) is 110 Å². The highest BCUT2D eigenvalue weighted by molar-refractivity contribution is 8.00. The smallest absolute Gasteiger partial charge is 0.327 e. The SMILES string of the molecule is CC(C)(SCC1CC1(F)F)[C@H](NC(=O)c1ccc2ccccc2c1OCc1ccc(S(C)(=O)=O)cc1)C(=O)O. The number of rotatable bonds is 11. The van der Waals surface area contributed by atoms with E-state index >= 15 is 0 Å². The molecule has 3 aromatic carbocycles. The van der Waals surface area contributed by atoms with Crippen molar-refractivity contribution < 1.29 is 36.6 Å². The Morgan fingerprint density at radius 3 is 2.36 bits per heavy atom. The number of benzene rings is 3. The summed E-state index contributed by atoms with van der Waals surface area (Å²) in [6.07, 6.45) is 0.903. The number of fused-ring (bicyclic) bond motifs is 1. The lowest BCUT2D eigenvalue weighted by Gasteiger charge is -2.31. The lowest BCUT2D eigenvalue weighted by Crippen LogP contribution is -2.52. The molecule has 11 heteroatoms. The van der Waals surface area contributed by atoms with Crippen LogP contribution in [-0.2, 0) is 21.2 Å². The number of halogens is 2. The van der Waals surface area contributed by atoms with Crippen LogP contribution in [0.2, 0.25) is 0 Å². The highest BCUT2D eigenvalue weighted by Crippen LogP contribution is 2.51.